The first-order chi connectivity index (χ1) is 9.16. The van der Waals surface area contributed by atoms with Gasteiger partial charge in [-0.2, -0.15) is 8.42 Å². The van der Waals surface area contributed by atoms with E-state index in [9.17, 15) is 4.79 Å². The first-order valence-electron chi connectivity index (χ1n) is 5.29. The molecule has 2 amide bonds. The topological polar surface area (TPSA) is 237 Å². The maximum absolute atomic E-state index is 10.8. The number of fused-ring (bicyclic) bond motifs is 1. The second kappa shape index (κ2) is 10.4. The Morgan fingerprint density at radius 1 is 1.17 bits per heavy atom. The number of nitrogens with one attached hydrogen (secondary N) is 1. The highest BCUT2D eigenvalue weighted by Crippen LogP contribution is 2.22. The number of benzene rings is 1. The van der Waals surface area contributed by atoms with E-state index in [-0.39, 0.29) is 16.4 Å². The van der Waals surface area contributed by atoms with E-state index in [4.69, 9.17) is 23.3 Å². The first kappa shape index (κ1) is 25.6. The minimum Gasteiger partial charge on any atom is -0.412 e. The Morgan fingerprint density at radius 3 is 2.13 bits per heavy atom. The number of carbonyl (C=O) groups excluding carboxylic acids is 1. The number of carbonyl (C=O) groups is 1. The van der Waals surface area contributed by atoms with Crippen molar-refractivity contribution >= 4 is 33.0 Å². The van der Waals surface area contributed by atoms with Gasteiger partial charge < -0.3 is 27.5 Å². The highest BCUT2D eigenvalue weighted by Gasteiger charge is 2.04. The van der Waals surface area contributed by atoms with Gasteiger partial charge in [0.25, 0.3) is 0 Å². The van der Waals surface area contributed by atoms with Gasteiger partial charge in [0.1, 0.15) is 0 Å². The van der Waals surface area contributed by atoms with Crippen molar-refractivity contribution in [3.05, 3.63) is 36.0 Å². The van der Waals surface area contributed by atoms with Gasteiger partial charge in [0, 0.05) is 11.1 Å². The van der Waals surface area contributed by atoms with E-state index in [0.29, 0.717) is 5.69 Å². The number of primary amides is 1. The molecule has 2 aromatic rings. The van der Waals surface area contributed by atoms with Crippen LogP contribution in [0.2, 0.25) is 0 Å². The maximum Gasteiger partial charge on any atom is 0.394 e. The van der Waals surface area contributed by atoms with Gasteiger partial charge in [-0.15, -0.1) is 0 Å². The summed E-state index contributed by atoms with van der Waals surface area (Å²) in [5, 5.41) is 3.48. The van der Waals surface area contributed by atoms with Gasteiger partial charge in [-0.05, 0) is 19.1 Å². The largest absolute Gasteiger partial charge is 0.412 e. The van der Waals surface area contributed by atoms with Gasteiger partial charge in [-0.3, -0.25) is 14.1 Å². The molecule has 12 heteroatoms. The minimum absolute atomic E-state index is 0. The number of amides is 2. The predicted molar refractivity (Wildman–Crippen MR) is 84.7 cm³/mol. The highest BCUT2D eigenvalue weighted by molar-refractivity contribution is 7.79. The number of anilines is 1. The standard InChI is InChI=1S/C11H11N3O.H2O4S.3H2O/c1-7-6-10(14-11(12)15)8-4-2-3-5-9(8)13-7;1-5(2,3)4;;;/h2-6H,1H3,(H3,12,13,14,15);(H2,1,2,3,4);3*1H2. The quantitative estimate of drug-likeness (QED) is 0.464. The van der Waals surface area contributed by atoms with Crippen LogP contribution in [0.5, 0.6) is 0 Å². The molecular weight excluding hydrogens is 334 g/mol. The summed E-state index contributed by atoms with van der Waals surface area (Å²) in [6, 6.07) is 8.83. The number of rotatable bonds is 1. The number of hydrogen-bond acceptors (Lipinski definition) is 4. The third-order valence-electron chi connectivity index (χ3n) is 2.10. The second-order valence-corrected chi connectivity index (χ2v) is 4.66. The fourth-order valence-corrected chi connectivity index (χ4v) is 1.54. The van der Waals surface area contributed by atoms with Crippen molar-refractivity contribution in [1.82, 2.24) is 4.98 Å². The van der Waals surface area contributed by atoms with E-state index < -0.39 is 16.4 Å². The van der Waals surface area contributed by atoms with Crippen LogP contribution in [0.4, 0.5) is 10.5 Å². The zero-order valence-electron chi connectivity index (χ0n) is 11.9. The molecule has 0 aliphatic rings. The Hall–Kier alpha value is -2.35. The van der Waals surface area contributed by atoms with Gasteiger partial charge in [0.2, 0.25) is 0 Å². The molecular formula is C11H19N3O8S. The number of aryl methyl sites for hydroxylation is 1. The molecule has 11 nitrogen and oxygen atoms in total. The molecule has 2 rings (SSSR count). The summed E-state index contributed by atoms with van der Waals surface area (Å²) < 4.78 is 31.6. The van der Waals surface area contributed by atoms with Crippen molar-refractivity contribution in [1.29, 1.82) is 0 Å². The lowest BCUT2D eigenvalue weighted by atomic mass is 10.1. The van der Waals surface area contributed by atoms with Crippen LogP contribution < -0.4 is 11.1 Å². The van der Waals surface area contributed by atoms with Crippen molar-refractivity contribution in [3.63, 3.8) is 0 Å². The summed E-state index contributed by atoms with van der Waals surface area (Å²) in [5.74, 6) is 0. The summed E-state index contributed by atoms with van der Waals surface area (Å²) in [4.78, 5) is 15.2. The van der Waals surface area contributed by atoms with E-state index in [1.54, 1.807) is 6.07 Å². The summed E-state index contributed by atoms with van der Waals surface area (Å²) in [6.07, 6.45) is 0. The molecule has 0 saturated carbocycles. The van der Waals surface area contributed by atoms with Gasteiger partial charge in [0.15, 0.2) is 0 Å². The third-order valence-corrected chi connectivity index (χ3v) is 2.10. The molecule has 132 valence electrons. The van der Waals surface area contributed by atoms with Crippen LogP contribution in [0.3, 0.4) is 0 Å². The molecule has 1 heterocycles. The number of hydrogen-bond donors (Lipinski definition) is 4. The average molecular weight is 353 g/mol. The lowest BCUT2D eigenvalue weighted by molar-refractivity contribution is 0.259. The molecule has 0 spiro atoms. The number of para-hydroxylation sites is 1. The summed E-state index contributed by atoms with van der Waals surface area (Å²) >= 11 is 0. The molecule has 0 unspecified atom stereocenters. The number of nitrogens with zero attached hydrogens (tertiary/aromatic N) is 1. The van der Waals surface area contributed by atoms with Crippen molar-refractivity contribution in [2.24, 2.45) is 5.73 Å². The number of pyridine rings is 1. The molecule has 23 heavy (non-hydrogen) atoms. The van der Waals surface area contributed by atoms with Crippen LogP contribution >= 0.6 is 0 Å². The molecule has 0 atom stereocenters. The van der Waals surface area contributed by atoms with Crippen molar-refractivity contribution in [3.8, 4) is 0 Å². The van der Waals surface area contributed by atoms with Crippen molar-refractivity contribution in [2.45, 2.75) is 6.92 Å². The van der Waals surface area contributed by atoms with Crippen LogP contribution in [0.25, 0.3) is 10.9 Å². The molecule has 0 fully saturated rings. The second-order valence-electron chi connectivity index (χ2n) is 3.77. The van der Waals surface area contributed by atoms with Crippen LogP contribution in [0.15, 0.2) is 30.3 Å². The fourth-order valence-electron chi connectivity index (χ4n) is 1.54. The Morgan fingerprint density at radius 2 is 1.65 bits per heavy atom. The maximum atomic E-state index is 10.8. The van der Waals surface area contributed by atoms with E-state index in [0.717, 1.165) is 16.6 Å². The molecule has 0 saturated heterocycles. The molecule has 0 radical (unpaired) electrons. The van der Waals surface area contributed by atoms with Crippen molar-refractivity contribution in [2.75, 3.05) is 5.32 Å². The number of nitrogens with two attached hydrogens (primary N) is 1. The fraction of sp³-hybridized carbons (Fsp3) is 0.0909. The van der Waals surface area contributed by atoms with Gasteiger partial charge >= 0.3 is 16.4 Å². The molecule has 0 bridgehead atoms. The summed E-state index contributed by atoms with van der Waals surface area (Å²) in [6.45, 7) is 1.87. The minimum atomic E-state index is -4.67. The average Bonchev–Trinajstić information content (AvgIpc) is 2.25. The Bertz CT molecular complexity index is 727. The Kier molecular flexibility index (Phi) is 11.6. The Balaban J connectivity index is -0.000000444. The third kappa shape index (κ3) is 10.1. The number of aromatic nitrogens is 1. The predicted octanol–water partition coefficient (Wildman–Crippen LogP) is -1.09. The van der Waals surface area contributed by atoms with E-state index in [2.05, 4.69) is 10.3 Å². The highest BCUT2D eigenvalue weighted by atomic mass is 32.3. The molecule has 0 aliphatic heterocycles. The molecule has 0 aliphatic carbocycles. The zero-order valence-corrected chi connectivity index (χ0v) is 12.8. The van der Waals surface area contributed by atoms with Crippen molar-refractivity contribution < 1.29 is 38.7 Å². The SMILES string of the molecule is Cc1cc(NC(N)=O)c2ccccc2n1.O.O.O.O=S(=O)(O)O. The zero-order chi connectivity index (χ0) is 15.3. The lowest BCUT2D eigenvalue weighted by Gasteiger charge is -2.07. The van der Waals surface area contributed by atoms with E-state index in [1.165, 1.54) is 0 Å². The van der Waals surface area contributed by atoms with E-state index in [1.807, 2.05) is 31.2 Å². The molecule has 1 aromatic heterocycles. The monoisotopic (exact) mass is 353 g/mol. The van der Waals surface area contributed by atoms with E-state index >= 15 is 0 Å². The summed E-state index contributed by atoms with van der Waals surface area (Å²) in [7, 11) is -4.67. The van der Waals surface area contributed by atoms with Crippen LogP contribution in [0.1, 0.15) is 5.69 Å². The summed E-state index contributed by atoms with van der Waals surface area (Å²) in [5.41, 5.74) is 7.49. The van der Waals surface area contributed by atoms with Crippen LogP contribution in [0, 0.1) is 6.92 Å². The molecule has 1 aromatic carbocycles. The molecule has 11 N–H and O–H groups in total. The van der Waals surface area contributed by atoms with Crippen LogP contribution in [-0.4, -0.2) is 45.0 Å². The smallest absolute Gasteiger partial charge is 0.394 e. The lowest BCUT2D eigenvalue weighted by Crippen LogP contribution is -2.19. The van der Waals surface area contributed by atoms with Gasteiger partial charge in [0.05, 0.1) is 11.2 Å². The number of urea groups is 1. The Labute approximate surface area is 131 Å². The van der Waals surface area contributed by atoms with Gasteiger partial charge in [-0.25, -0.2) is 4.79 Å². The van der Waals surface area contributed by atoms with Gasteiger partial charge in [-0.1, -0.05) is 18.2 Å². The first-order valence-corrected chi connectivity index (χ1v) is 6.69. The van der Waals surface area contributed by atoms with Crippen LogP contribution in [-0.2, 0) is 10.4 Å². The normalized spacial score (nSPS) is 9.17.